The first-order valence-electron chi connectivity index (χ1n) is 9.17. The van der Waals surface area contributed by atoms with Gasteiger partial charge in [-0.05, 0) is 17.7 Å². The van der Waals surface area contributed by atoms with Crippen LogP contribution in [0.2, 0.25) is 0 Å². The van der Waals surface area contributed by atoms with Crippen LogP contribution in [0.4, 0.5) is 0 Å². The fourth-order valence-electron chi connectivity index (χ4n) is 2.97. The third-order valence-corrected chi connectivity index (χ3v) is 4.19. The average Bonchev–Trinajstić information content (AvgIpc) is 2.70. The summed E-state index contributed by atoms with van der Waals surface area (Å²) in [6.07, 6.45) is 1.15. The molecule has 0 spiro atoms. The maximum Gasteiger partial charge on any atom is 0.308 e. The molecule has 0 unspecified atom stereocenters. The second-order valence-corrected chi connectivity index (χ2v) is 6.55. The van der Waals surface area contributed by atoms with Crippen molar-refractivity contribution in [1.82, 2.24) is 0 Å². The molecule has 10 heteroatoms. The molecule has 0 fully saturated rings. The summed E-state index contributed by atoms with van der Waals surface area (Å²) in [4.78, 5) is 47.3. The van der Waals surface area contributed by atoms with E-state index in [-0.39, 0.29) is 45.1 Å². The number of phenolic OH excluding ortho intramolecular Hbond substituents is 1. The quantitative estimate of drug-likeness (QED) is 0.463. The SMILES string of the molecule is COc1cc2occ(-c3ccc(OC(C)=O)c(OC(C)=O)c3)c(=O)c2c(O)c1OC(C)=O. The number of methoxy groups -OCH3 is 1. The van der Waals surface area contributed by atoms with Crippen molar-refractivity contribution in [3.8, 4) is 39.9 Å². The molecule has 166 valence electrons. The van der Waals surface area contributed by atoms with Crippen LogP contribution in [0.25, 0.3) is 22.1 Å². The highest BCUT2D eigenvalue weighted by molar-refractivity contribution is 5.92. The summed E-state index contributed by atoms with van der Waals surface area (Å²) >= 11 is 0. The molecule has 0 aliphatic carbocycles. The molecule has 0 aliphatic heterocycles. The lowest BCUT2D eigenvalue weighted by molar-refractivity contribution is -0.134. The topological polar surface area (TPSA) is 139 Å². The Morgan fingerprint density at radius 3 is 2.09 bits per heavy atom. The Morgan fingerprint density at radius 2 is 1.50 bits per heavy atom. The third kappa shape index (κ3) is 4.38. The van der Waals surface area contributed by atoms with Crippen molar-refractivity contribution >= 4 is 28.9 Å². The van der Waals surface area contributed by atoms with E-state index in [9.17, 15) is 24.3 Å². The van der Waals surface area contributed by atoms with Gasteiger partial charge < -0.3 is 28.5 Å². The first-order chi connectivity index (χ1) is 15.1. The highest BCUT2D eigenvalue weighted by Crippen LogP contribution is 2.42. The number of ether oxygens (including phenoxy) is 4. The molecule has 3 aromatic rings. The molecule has 0 saturated carbocycles. The van der Waals surface area contributed by atoms with E-state index in [1.54, 1.807) is 0 Å². The number of carbonyl (C=O) groups excluding carboxylic acids is 3. The first kappa shape index (κ1) is 22.3. The van der Waals surface area contributed by atoms with E-state index in [1.807, 2.05) is 0 Å². The van der Waals surface area contributed by atoms with Crippen LogP contribution in [0.3, 0.4) is 0 Å². The van der Waals surface area contributed by atoms with E-state index >= 15 is 0 Å². The van der Waals surface area contributed by atoms with E-state index in [0.29, 0.717) is 0 Å². The standard InChI is InChI=1S/C22H18O10/c1-10(23)30-15-6-5-13(7-16(15)31-11(2)24)14-9-29-17-8-18(28-4)22(32-12(3)25)21(27)19(17)20(14)26/h5-9,27H,1-4H3. The van der Waals surface area contributed by atoms with Gasteiger partial charge in [0.05, 0.1) is 12.7 Å². The molecule has 2 aromatic carbocycles. The molecular formula is C22H18O10. The molecule has 32 heavy (non-hydrogen) atoms. The molecule has 0 radical (unpaired) electrons. The lowest BCUT2D eigenvalue weighted by Crippen LogP contribution is -2.09. The van der Waals surface area contributed by atoms with Crippen LogP contribution in [0.15, 0.2) is 39.7 Å². The van der Waals surface area contributed by atoms with Gasteiger partial charge in [0, 0.05) is 26.8 Å². The van der Waals surface area contributed by atoms with E-state index in [1.165, 1.54) is 38.3 Å². The van der Waals surface area contributed by atoms with Crippen molar-refractivity contribution in [3.05, 3.63) is 40.8 Å². The van der Waals surface area contributed by atoms with Gasteiger partial charge in [0.25, 0.3) is 0 Å². The zero-order valence-electron chi connectivity index (χ0n) is 17.5. The highest BCUT2D eigenvalue weighted by Gasteiger charge is 2.23. The number of fused-ring (bicyclic) bond motifs is 1. The Balaban J connectivity index is 2.23. The molecule has 3 rings (SSSR count). The third-order valence-electron chi connectivity index (χ3n) is 4.19. The van der Waals surface area contributed by atoms with Crippen molar-refractivity contribution in [2.24, 2.45) is 0 Å². The number of rotatable bonds is 5. The molecule has 0 atom stereocenters. The van der Waals surface area contributed by atoms with Crippen LogP contribution in [0.1, 0.15) is 20.8 Å². The Hall–Kier alpha value is -4.34. The molecule has 0 amide bonds. The summed E-state index contributed by atoms with van der Waals surface area (Å²) in [6.45, 7) is 3.47. The van der Waals surface area contributed by atoms with Gasteiger partial charge in [-0.3, -0.25) is 19.2 Å². The number of carbonyl (C=O) groups is 3. The zero-order valence-corrected chi connectivity index (χ0v) is 17.5. The maximum atomic E-state index is 13.2. The number of hydrogen-bond acceptors (Lipinski definition) is 10. The molecular weight excluding hydrogens is 424 g/mol. The molecule has 0 saturated heterocycles. The minimum absolute atomic E-state index is 0.00508. The van der Waals surface area contributed by atoms with Crippen LogP contribution in [0, 0.1) is 0 Å². The monoisotopic (exact) mass is 442 g/mol. The van der Waals surface area contributed by atoms with Gasteiger partial charge in [-0.25, -0.2) is 0 Å². The lowest BCUT2D eigenvalue weighted by atomic mass is 10.0. The highest BCUT2D eigenvalue weighted by atomic mass is 16.6. The van der Waals surface area contributed by atoms with E-state index in [0.717, 1.165) is 20.1 Å². The van der Waals surface area contributed by atoms with Crippen molar-refractivity contribution in [1.29, 1.82) is 0 Å². The van der Waals surface area contributed by atoms with E-state index in [2.05, 4.69) is 0 Å². The minimum Gasteiger partial charge on any atom is -0.504 e. The van der Waals surface area contributed by atoms with Gasteiger partial charge in [-0.15, -0.1) is 0 Å². The average molecular weight is 442 g/mol. The van der Waals surface area contributed by atoms with Crippen molar-refractivity contribution in [2.75, 3.05) is 7.11 Å². The fourth-order valence-corrected chi connectivity index (χ4v) is 2.97. The number of phenols is 1. The van der Waals surface area contributed by atoms with Crippen LogP contribution in [-0.2, 0) is 14.4 Å². The van der Waals surface area contributed by atoms with Crippen LogP contribution in [-0.4, -0.2) is 30.1 Å². The second-order valence-electron chi connectivity index (χ2n) is 6.55. The summed E-state index contributed by atoms with van der Waals surface area (Å²) in [5, 5.41) is 10.4. The predicted molar refractivity (Wildman–Crippen MR) is 110 cm³/mol. The van der Waals surface area contributed by atoms with Crippen LogP contribution in [0.5, 0.6) is 28.7 Å². The molecule has 0 bridgehead atoms. The molecule has 0 aliphatic rings. The van der Waals surface area contributed by atoms with Gasteiger partial charge in [0.15, 0.2) is 23.0 Å². The molecule has 1 heterocycles. The summed E-state index contributed by atoms with van der Waals surface area (Å²) in [7, 11) is 1.29. The van der Waals surface area contributed by atoms with E-state index < -0.39 is 29.1 Å². The summed E-state index contributed by atoms with van der Waals surface area (Å²) < 4.78 is 25.7. The Bertz CT molecular complexity index is 1300. The van der Waals surface area contributed by atoms with Crippen LogP contribution >= 0.6 is 0 Å². The van der Waals surface area contributed by atoms with Crippen LogP contribution < -0.4 is 24.4 Å². The minimum atomic E-state index is -0.731. The summed E-state index contributed by atoms with van der Waals surface area (Å²) in [5.74, 6) is -3.13. The van der Waals surface area contributed by atoms with Gasteiger partial charge in [0.2, 0.25) is 11.2 Å². The van der Waals surface area contributed by atoms with Crippen molar-refractivity contribution < 1.29 is 42.9 Å². The van der Waals surface area contributed by atoms with Gasteiger partial charge in [-0.1, -0.05) is 6.07 Å². The molecule has 1 aromatic heterocycles. The normalized spacial score (nSPS) is 10.5. The van der Waals surface area contributed by atoms with E-state index in [4.69, 9.17) is 23.4 Å². The smallest absolute Gasteiger partial charge is 0.308 e. The lowest BCUT2D eigenvalue weighted by Gasteiger charge is -2.13. The fraction of sp³-hybridized carbons (Fsp3) is 0.182. The Kier molecular flexibility index (Phi) is 6.15. The molecule has 1 N–H and O–H groups in total. The van der Waals surface area contributed by atoms with Crippen molar-refractivity contribution in [3.63, 3.8) is 0 Å². The maximum absolute atomic E-state index is 13.2. The van der Waals surface area contributed by atoms with Gasteiger partial charge in [-0.2, -0.15) is 0 Å². The Morgan fingerprint density at radius 1 is 0.875 bits per heavy atom. The summed E-state index contributed by atoms with van der Waals surface area (Å²) in [5.41, 5.74) is -0.430. The second kappa shape index (κ2) is 8.80. The van der Waals surface area contributed by atoms with Crippen molar-refractivity contribution in [2.45, 2.75) is 20.8 Å². The summed E-state index contributed by atoms with van der Waals surface area (Å²) in [6, 6.07) is 5.39. The van der Waals surface area contributed by atoms with Gasteiger partial charge in [0.1, 0.15) is 17.2 Å². The largest absolute Gasteiger partial charge is 0.504 e. The number of benzene rings is 2. The number of aromatic hydroxyl groups is 1. The zero-order chi connectivity index (χ0) is 23.6. The number of hydrogen-bond donors (Lipinski definition) is 1. The predicted octanol–water partition coefficient (Wildman–Crippen LogP) is 2.95. The van der Waals surface area contributed by atoms with Gasteiger partial charge >= 0.3 is 17.9 Å². The number of esters is 3. The Labute approximate surface area is 180 Å². The molecule has 10 nitrogen and oxygen atoms in total. The first-order valence-corrected chi connectivity index (χ1v) is 9.17.